The van der Waals surface area contributed by atoms with Gasteiger partial charge >= 0.3 is 0 Å². The van der Waals surface area contributed by atoms with Crippen LogP contribution in [0.25, 0.3) is 6.08 Å². The average molecular weight is 857 g/mol. The molecule has 4 fully saturated rings. The molecular formula is C44H50ClFN8O7. The van der Waals surface area contributed by atoms with Gasteiger partial charge in [0.15, 0.2) is 24.0 Å². The standard InChI is InChI=1S/C44H50ClFN8O7/c1-24-3-4-28(17-27(24)18-37(25(2)55)60-23-38(47)56)49-41-35(45)21-48-44(51-41)53-15-11-30(12-16-53)61-31-19-29(20-31)52-13-9-26(10-14-52)32-5-6-33-34(40(32)46)22-54(43(33)59)36-7-8-39(57)50-42(36)58/h3-6,17-18,21,26,29-31,36H,7-16,19-20,22-23H2,1-2H3,(H2,47,56)(H,48,49,51)(H,50,57,58)/b37-18+. The summed E-state index contributed by atoms with van der Waals surface area (Å²) in [6, 6.07) is 8.72. The van der Waals surface area contributed by atoms with Gasteiger partial charge in [0.25, 0.3) is 11.8 Å². The Morgan fingerprint density at radius 3 is 2.49 bits per heavy atom. The summed E-state index contributed by atoms with van der Waals surface area (Å²) >= 11 is 6.53. The summed E-state index contributed by atoms with van der Waals surface area (Å²) < 4.78 is 27.9. The maximum absolute atomic E-state index is 16.0. The van der Waals surface area contributed by atoms with Crippen LogP contribution in [0.5, 0.6) is 0 Å². The largest absolute Gasteiger partial charge is 0.480 e. The van der Waals surface area contributed by atoms with Crippen LogP contribution < -0.4 is 21.3 Å². The summed E-state index contributed by atoms with van der Waals surface area (Å²) in [5, 5.41) is 5.93. The van der Waals surface area contributed by atoms with Gasteiger partial charge in [0.05, 0.1) is 24.9 Å². The molecule has 1 aromatic heterocycles. The Labute approximate surface area is 358 Å². The number of amides is 4. The predicted octanol–water partition coefficient (Wildman–Crippen LogP) is 4.91. The molecule has 1 unspecified atom stereocenters. The maximum Gasteiger partial charge on any atom is 0.255 e. The number of rotatable bonds is 13. The van der Waals surface area contributed by atoms with E-state index in [4.69, 9.17) is 31.8 Å². The van der Waals surface area contributed by atoms with Crippen molar-refractivity contribution in [2.24, 2.45) is 5.73 Å². The molecule has 1 saturated carbocycles. The van der Waals surface area contributed by atoms with Crippen molar-refractivity contribution < 1.29 is 37.8 Å². The molecule has 1 atom stereocenters. The van der Waals surface area contributed by atoms with Crippen LogP contribution in [0.3, 0.4) is 0 Å². The van der Waals surface area contributed by atoms with Gasteiger partial charge in [-0.25, -0.2) is 9.37 Å². The van der Waals surface area contributed by atoms with E-state index in [1.807, 2.05) is 25.1 Å². The molecule has 8 rings (SSSR count). The Balaban J connectivity index is 0.790. The number of Topliss-reactive ketones (excluding diaryl/α,β-unsaturated/α-hetero) is 1. The number of ether oxygens (including phenoxy) is 2. The Morgan fingerprint density at radius 1 is 1.03 bits per heavy atom. The fourth-order valence-electron chi connectivity index (χ4n) is 9.07. The average Bonchev–Trinajstić information content (AvgIpc) is 3.56. The molecule has 0 radical (unpaired) electrons. The zero-order valence-electron chi connectivity index (χ0n) is 34.3. The molecule has 4 amide bonds. The van der Waals surface area contributed by atoms with Crippen molar-refractivity contribution in [1.82, 2.24) is 25.1 Å². The van der Waals surface area contributed by atoms with E-state index in [9.17, 15) is 24.0 Å². The number of carbonyl (C=O) groups excluding carboxylic acids is 5. The Hall–Kier alpha value is -5.45. The molecule has 322 valence electrons. The van der Waals surface area contributed by atoms with Gasteiger partial charge in [0.2, 0.25) is 17.8 Å². The molecule has 0 bridgehead atoms. The Bertz CT molecular complexity index is 2270. The zero-order chi connectivity index (χ0) is 42.9. The van der Waals surface area contributed by atoms with Gasteiger partial charge in [-0.3, -0.25) is 29.3 Å². The highest BCUT2D eigenvalue weighted by molar-refractivity contribution is 6.32. The highest BCUT2D eigenvalue weighted by atomic mass is 35.5. The van der Waals surface area contributed by atoms with Gasteiger partial charge in [-0.05, 0) is 112 Å². The SMILES string of the molecule is CC(=O)/C(=C\c1cc(Nc2nc(N3CCC(OC4CC(N5CCC(c6ccc7c(c6F)CN(C6CCC(=O)NC6=O)C7=O)CC5)C4)CC3)ncc2Cl)ccc1C)OCC(N)=O. The zero-order valence-corrected chi connectivity index (χ0v) is 35.0. The van der Waals surface area contributed by atoms with E-state index in [0.29, 0.717) is 50.8 Å². The summed E-state index contributed by atoms with van der Waals surface area (Å²) in [5.74, 6) is -1.49. The summed E-state index contributed by atoms with van der Waals surface area (Å²) in [7, 11) is 0. The number of aromatic nitrogens is 2. The molecule has 1 aliphatic carbocycles. The number of benzene rings is 2. The van der Waals surface area contributed by atoms with Gasteiger partial charge in [-0.15, -0.1) is 0 Å². The van der Waals surface area contributed by atoms with Gasteiger partial charge in [-0.2, -0.15) is 4.98 Å². The number of allylic oxidation sites excluding steroid dienone is 1. The maximum atomic E-state index is 16.0. The van der Waals surface area contributed by atoms with Crippen LogP contribution in [0, 0.1) is 12.7 Å². The van der Waals surface area contributed by atoms with E-state index in [0.717, 1.165) is 70.3 Å². The lowest BCUT2D eigenvalue weighted by Crippen LogP contribution is -2.52. The van der Waals surface area contributed by atoms with E-state index in [1.54, 1.807) is 24.4 Å². The first kappa shape index (κ1) is 42.2. The smallest absolute Gasteiger partial charge is 0.255 e. The second kappa shape index (κ2) is 17.9. The number of nitrogens with two attached hydrogens (primary N) is 1. The first-order valence-electron chi connectivity index (χ1n) is 21.0. The number of likely N-dealkylation sites (tertiary alicyclic amines) is 1. The number of anilines is 3. The summed E-state index contributed by atoms with van der Waals surface area (Å²) in [5.41, 5.74) is 8.77. The number of ketones is 1. The second-order valence-corrected chi connectivity index (χ2v) is 17.1. The van der Waals surface area contributed by atoms with Crippen molar-refractivity contribution >= 4 is 64.5 Å². The van der Waals surface area contributed by atoms with E-state index >= 15 is 4.39 Å². The van der Waals surface area contributed by atoms with Crippen molar-refractivity contribution in [3.63, 3.8) is 0 Å². The third-order valence-corrected chi connectivity index (χ3v) is 12.9. The van der Waals surface area contributed by atoms with Crippen molar-refractivity contribution in [2.75, 3.05) is 43.0 Å². The van der Waals surface area contributed by atoms with Gasteiger partial charge < -0.3 is 35.2 Å². The number of hydrogen-bond donors (Lipinski definition) is 3. The van der Waals surface area contributed by atoms with Gasteiger partial charge in [-0.1, -0.05) is 23.7 Å². The quantitative estimate of drug-likeness (QED) is 0.120. The highest BCUT2D eigenvalue weighted by Crippen LogP contribution is 2.39. The molecule has 15 nitrogen and oxygen atoms in total. The van der Waals surface area contributed by atoms with Crippen LogP contribution in [0.15, 0.2) is 42.3 Å². The molecule has 4 N–H and O–H groups in total. The number of fused-ring (bicyclic) bond motifs is 1. The number of imide groups is 1. The summed E-state index contributed by atoms with van der Waals surface area (Å²) in [4.78, 5) is 75.9. The minimum Gasteiger partial charge on any atom is -0.480 e. The number of primary amides is 1. The molecule has 3 saturated heterocycles. The molecular weight excluding hydrogens is 807 g/mol. The third-order valence-electron chi connectivity index (χ3n) is 12.6. The lowest BCUT2D eigenvalue weighted by molar-refractivity contribution is -0.137. The highest BCUT2D eigenvalue weighted by Gasteiger charge is 2.42. The molecule has 5 aliphatic rings. The number of nitrogens with zero attached hydrogens (tertiary/aromatic N) is 5. The van der Waals surface area contributed by atoms with Crippen molar-refractivity contribution in [3.05, 3.63) is 80.9 Å². The normalized spacial score (nSPS) is 22.8. The first-order valence-corrected chi connectivity index (χ1v) is 21.3. The monoisotopic (exact) mass is 856 g/mol. The van der Waals surface area contributed by atoms with Crippen LogP contribution in [0.1, 0.15) is 96.8 Å². The topological polar surface area (TPSA) is 189 Å². The lowest BCUT2D eigenvalue weighted by Gasteiger charge is -2.47. The van der Waals surface area contributed by atoms with E-state index < -0.39 is 24.5 Å². The van der Waals surface area contributed by atoms with Crippen molar-refractivity contribution in [3.8, 4) is 0 Å². The molecule has 3 aromatic rings. The van der Waals surface area contributed by atoms with Crippen LogP contribution >= 0.6 is 11.6 Å². The minimum absolute atomic E-state index is 0.0269. The van der Waals surface area contributed by atoms with Gasteiger partial charge in [0, 0.05) is 49.3 Å². The van der Waals surface area contributed by atoms with E-state index in [2.05, 4.69) is 25.4 Å². The molecule has 0 spiro atoms. The fourth-order valence-corrected chi connectivity index (χ4v) is 9.21. The number of nitrogens with one attached hydrogen (secondary N) is 2. The first-order chi connectivity index (χ1) is 29.3. The third kappa shape index (κ3) is 9.26. The van der Waals surface area contributed by atoms with Crippen LogP contribution in [0.2, 0.25) is 5.02 Å². The van der Waals surface area contributed by atoms with Crippen LogP contribution in [-0.4, -0.2) is 106 Å². The number of halogens is 2. The van der Waals surface area contributed by atoms with E-state index in [-0.39, 0.29) is 66.7 Å². The lowest BCUT2D eigenvalue weighted by atomic mass is 9.83. The number of piperidine rings is 3. The van der Waals surface area contributed by atoms with Crippen molar-refractivity contribution in [1.29, 1.82) is 0 Å². The number of carbonyl (C=O) groups is 5. The molecule has 61 heavy (non-hydrogen) atoms. The molecule has 5 heterocycles. The fraction of sp³-hybridized carbons (Fsp3) is 0.477. The number of aryl methyl sites for hydroxylation is 1. The Kier molecular flexibility index (Phi) is 12.4. The van der Waals surface area contributed by atoms with Crippen molar-refractivity contribution in [2.45, 2.75) is 102 Å². The second-order valence-electron chi connectivity index (χ2n) is 16.7. The summed E-state index contributed by atoms with van der Waals surface area (Å²) in [6.07, 6.45) is 9.18. The summed E-state index contributed by atoms with van der Waals surface area (Å²) in [6.45, 7) is 6.09. The molecule has 4 aliphatic heterocycles. The van der Waals surface area contributed by atoms with Crippen LogP contribution in [-0.2, 0) is 35.2 Å². The molecule has 17 heteroatoms. The number of hydrogen-bond acceptors (Lipinski definition) is 12. The molecule has 2 aromatic carbocycles. The minimum atomic E-state index is -0.769. The van der Waals surface area contributed by atoms with Crippen LogP contribution in [0.4, 0.5) is 21.8 Å². The Morgan fingerprint density at radius 2 is 1.79 bits per heavy atom. The van der Waals surface area contributed by atoms with E-state index in [1.165, 1.54) is 11.8 Å². The van der Waals surface area contributed by atoms with Gasteiger partial charge in [0.1, 0.15) is 16.9 Å². The predicted molar refractivity (Wildman–Crippen MR) is 224 cm³/mol.